The highest BCUT2D eigenvalue weighted by Crippen LogP contribution is 2.23. The van der Waals surface area contributed by atoms with Crippen molar-refractivity contribution in [1.29, 1.82) is 0 Å². The van der Waals surface area contributed by atoms with Crippen molar-refractivity contribution in [3.63, 3.8) is 0 Å². The van der Waals surface area contributed by atoms with E-state index in [0.29, 0.717) is 6.42 Å². The molecule has 0 heterocycles. The van der Waals surface area contributed by atoms with Crippen molar-refractivity contribution < 1.29 is 9.90 Å². The molecular weight excluding hydrogens is 226 g/mol. The van der Waals surface area contributed by atoms with Crippen molar-refractivity contribution in [2.24, 2.45) is 0 Å². The first-order valence-corrected chi connectivity index (χ1v) is 6.38. The SMILES string of the molecule is CC(O)CC(C)NC(=O)C(C)(C)c1ccccc1. The molecule has 2 unspecified atom stereocenters. The van der Waals surface area contributed by atoms with Crippen LogP contribution >= 0.6 is 0 Å². The Morgan fingerprint density at radius 3 is 2.33 bits per heavy atom. The van der Waals surface area contributed by atoms with E-state index in [1.165, 1.54) is 0 Å². The van der Waals surface area contributed by atoms with Gasteiger partial charge in [-0.25, -0.2) is 0 Å². The predicted octanol–water partition coefficient (Wildman–Crippen LogP) is 2.24. The Balaban J connectivity index is 2.71. The fourth-order valence-electron chi connectivity index (χ4n) is 1.96. The van der Waals surface area contributed by atoms with Crippen LogP contribution in [-0.4, -0.2) is 23.2 Å². The van der Waals surface area contributed by atoms with Gasteiger partial charge in [0.1, 0.15) is 0 Å². The first-order valence-electron chi connectivity index (χ1n) is 6.38. The van der Waals surface area contributed by atoms with Crippen LogP contribution in [0.25, 0.3) is 0 Å². The van der Waals surface area contributed by atoms with Crippen molar-refractivity contribution in [2.75, 3.05) is 0 Å². The highest BCUT2D eigenvalue weighted by atomic mass is 16.3. The van der Waals surface area contributed by atoms with Gasteiger partial charge in [0.2, 0.25) is 5.91 Å². The third kappa shape index (κ3) is 3.84. The summed E-state index contributed by atoms with van der Waals surface area (Å²) in [4.78, 5) is 12.3. The Morgan fingerprint density at radius 2 is 1.83 bits per heavy atom. The number of hydrogen-bond acceptors (Lipinski definition) is 2. The van der Waals surface area contributed by atoms with Crippen LogP contribution in [0.3, 0.4) is 0 Å². The molecule has 0 saturated heterocycles. The fraction of sp³-hybridized carbons (Fsp3) is 0.533. The van der Waals surface area contributed by atoms with Crippen LogP contribution in [-0.2, 0) is 10.2 Å². The predicted molar refractivity (Wildman–Crippen MR) is 73.4 cm³/mol. The lowest BCUT2D eigenvalue weighted by Gasteiger charge is -2.27. The van der Waals surface area contributed by atoms with Crippen molar-refractivity contribution in [3.05, 3.63) is 35.9 Å². The third-order valence-corrected chi connectivity index (χ3v) is 3.14. The first kappa shape index (κ1) is 14.7. The Labute approximate surface area is 109 Å². The van der Waals surface area contributed by atoms with Gasteiger partial charge >= 0.3 is 0 Å². The van der Waals surface area contributed by atoms with Gasteiger partial charge in [-0.2, -0.15) is 0 Å². The summed E-state index contributed by atoms with van der Waals surface area (Å²) in [5.74, 6) is -0.0122. The fourth-order valence-corrected chi connectivity index (χ4v) is 1.96. The number of carbonyl (C=O) groups is 1. The minimum Gasteiger partial charge on any atom is -0.393 e. The number of nitrogens with one attached hydrogen (secondary N) is 1. The molecule has 3 nitrogen and oxygen atoms in total. The number of benzene rings is 1. The van der Waals surface area contributed by atoms with Crippen molar-refractivity contribution >= 4 is 5.91 Å². The molecule has 1 aromatic rings. The summed E-state index contributed by atoms with van der Waals surface area (Å²) >= 11 is 0. The van der Waals surface area contributed by atoms with Crippen LogP contribution in [0.1, 0.15) is 39.7 Å². The molecule has 1 aromatic carbocycles. The highest BCUT2D eigenvalue weighted by Gasteiger charge is 2.30. The quantitative estimate of drug-likeness (QED) is 0.841. The molecule has 0 fully saturated rings. The van der Waals surface area contributed by atoms with E-state index in [2.05, 4.69) is 5.32 Å². The second-order valence-electron chi connectivity index (χ2n) is 5.45. The largest absolute Gasteiger partial charge is 0.393 e. The van der Waals surface area contributed by atoms with Gasteiger partial charge in [0.15, 0.2) is 0 Å². The Hall–Kier alpha value is -1.35. The second-order valence-corrected chi connectivity index (χ2v) is 5.45. The summed E-state index contributed by atoms with van der Waals surface area (Å²) in [5, 5.41) is 12.3. The molecule has 0 aliphatic heterocycles. The maximum atomic E-state index is 12.3. The van der Waals surface area contributed by atoms with Gasteiger partial charge in [0.25, 0.3) is 0 Å². The molecule has 1 amide bonds. The summed E-state index contributed by atoms with van der Waals surface area (Å²) in [7, 11) is 0. The van der Waals surface area contributed by atoms with E-state index in [-0.39, 0.29) is 11.9 Å². The number of hydrogen-bond donors (Lipinski definition) is 2. The van der Waals surface area contributed by atoms with Crippen LogP contribution < -0.4 is 5.32 Å². The van der Waals surface area contributed by atoms with Gasteiger partial charge < -0.3 is 10.4 Å². The van der Waals surface area contributed by atoms with E-state index >= 15 is 0 Å². The van der Waals surface area contributed by atoms with Gasteiger partial charge in [0, 0.05) is 6.04 Å². The van der Waals surface area contributed by atoms with Crippen molar-refractivity contribution in [1.82, 2.24) is 5.32 Å². The summed E-state index contributed by atoms with van der Waals surface area (Å²) in [6.45, 7) is 7.45. The molecule has 0 bridgehead atoms. The van der Waals surface area contributed by atoms with E-state index in [1.807, 2.05) is 51.1 Å². The molecule has 2 N–H and O–H groups in total. The minimum absolute atomic E-state index is 0.0122. The average molecular weight is 249 g/mol. The molecule has 0 aromatic heterocycles. The number of rotatable bonds is 5. The second kappa shape index (κ2) is 6.01. The smallest absolute Gasteiger partial charge is 0.230 e. The van der Waals surface area contributed by atoms with E-state index < -0.39 is 11.5 Å². The number of aliphatic hydroxyl groups is 1. The lowest BCUT2D eigenvalue weighted by molar-refractivity contribution is -0.126. The van der Waals surface area contributed by atoms with E-state index in [0.717, 1.165) is 5.56 Å². The van der Waals surface area contributed by atoms with Crippen LogP contribution in [0.4, 0.5) is 0 Å². The van der Waals surface area contributed by atoms with Gasteiger partial charge in [-0.15, -0.1) is 0 Å². The van der Waals surface area contributed by atoms with Crippen LogP contribution in [0.2, 0.25) is 0 Å². The van der Waals surface area contributed by atoms with Gasteiger partial charge in [-0.05, 0) is 39.7 Å². The Bertz CT molecular complexity index is 385. The monoisotopic (exact) mass is 249 g/mol. The molecular formula is C15H23NO2. The van der Waals surface area contributed by atoms with Gasteiger partial charge in [-0.1, -0.05) is 30.3 Å². The molecule has 1 rings (SSSR count). The molecule has 100 valence electrons. The number of carbonyl (C=O) groups excluding carboxylic acids is 1. The van der Waals surface area contributed by atoms with Gasteiger partial charge in [-0.3, -0.25) is 4.79 Å². The van der Waals surface area contributed by atoms with Crippen LogP contribution in [0.15, 0.2) is 30.3 Å². The van der Waals surface area contributed by atoms with Crippen molar-refractivity contribution in [2.45, 2.75) is 51.7 Å². The molecule has 0 aliphatic rings. The topological polar surface area (TPSA) is 49.3 Å². The zero-order valence-corrected chi connectivity index (χ0v) is 11.6. The zero-order chi connectivity index (χ0) is 13.8. The molecule has 0 spiro atoms. The molecule has 0 aliphatic carbocycles. The van der Waals surface area contributed by atoms with Crippen LogP contribution in [0.5, 0.6) is 0 Å². The molecule has 18 heavy (non-hydrogen) atoms. The molecule has 0 saturated carbocycles. The maximum Gasteiger partial charge on any atom is 0.230 e. The van der Waals surface area contributed by atoms with Crippen molar-refractivity contribution in [3.8, 4) is 0 Å². The lowest BCUT2D eigenvalue weighted by Crippen LogP contribution is -2.44. The Morgan fingerprint density at radius 1 is 1.28 bits per heavy atom. The van der Waals surface area contributed by atoms with E-state index in [4.69, 9.17) is 0 Å². The Kier molecular flexibility index (Phi) is 4.91. The summed E-state index contributed by atoms with van der Waals surface area (Å²) < 4.78 is 0. The number of amides is 1. The summed E-state index contributed by atoms with van der Waals surface area (Å²) in [6.07, 6.45) is 0.163. The molecule has 0 radical (unpaired) electrons. The van der Waals surface area contributed by atoms with Gasteiger partial charge in [0.05, 0.1) is 11.5 Å². The minimum atomic E-state index is -0.561. The first-order chi connectivity index (χ1) is 8.34. The summed E-state index contributed by atoms with van der Waals surface area (Å²) in [6, 6.07) is 9.69. The van der Waals surface area contributed by atoms with E-state index in [9.17, 15) is 9.90 Å². The number of aliphatic hydroxyl groups excluding tert-OH is 1. The van der Waals surface area contributed by atoms with E-state index in [1.54, 1.807) is 6.92 Å². The molecule has 3 heteroatoms. The normalized spacial score (nSPS) is 14.9. The summed E-state index contributed by atoms with van der Waals surface area (Å²) in [5.41, 5.74) is 0.431. The van der Waals surface area contributed by atoms with Crippen LogP contribution in [0, 0.1) is 0 Å². The molecule has 2 atom stereocenters. The standard InChI is InChI=1S/C15H23NO2/c1-11(10-12(2)17)16-14(18)15(3,4)13-8-6-5-7-9-13/h5-9,11-12,17H,10H2,1-4H3,(H,16,18). The third-order valence-electron chi connectivity index (χ3n) is 3.14. The zero-order valence-electron chi connectivity index (χ0n) is 11.6. The lowest BCUT2D eigenvalue weighted by atomic mass is 9.83. The average Bonchev–Trinajstić information content (AvgIpc) is 2.28. The maximum absolute atomic E-state index is 12.3. The highest BCUT2D eigenvalue weighted by molar-refractivity contribution is 5.87.